The third-order valence-corrected chi connectivity index (χ3v) is 2.82. The van der Waals surface area contributed by atoms with Gasteiger partial charge in [0.1, 0.15) is 0 Å². The number of hydrogen-bond donors (Lipinski definition) is 2. The van der Waals surface area contributed by atoms with Gasteiger partial charge in [0.15, 0.2) is 0 Å². The Balaban J connectivity index is 0.000000424. The Hall–Kier alpha value is -0.838. The van der Waals surface area contributed by atoms with E-state index in [0.717, 1.165) is 10.2 Å². The molecule has 0 saturated carbocycles. The predicted molar refractivity (Wildman–Crippen MR) is 60.9 cm³/mol. The van der Waals surface area contributed by atoms with Crippen molar-refractivity contribution < 1.29 is 10.0 Å². The van der Waals surface area contributed by atoms with Crippen LogP contribution in [0.15, 0.2) is 43.0 Å². The van der Waals surface area contributed by atoms with Gasteiger partial charge >= 0.3 is 7.69 Å². The lowest BCUT2D eigenvalue weighted by atomic mass is 10.1. The van der Waals surface area contributed by atoms with Crippen molar-refractivity contribution in [2.45, 2.75) is 5.54 Å². The molecule has 0 amide bonds. The van der Waals surface area contributed by atoms with Gasteiger partial charge in [-0.15, -0.1) is 6.58 Å². The molecule has 0 fully saturated rings. The van der Waals surface area contributed by atoms with Gasteiger partial charge in [-0.3, -0.25) is 0 Å². The number of hydrogen-bond acceptors (Lipinski definition) is 2. The van der Waals surface area contributed by atoms with Crippen LogP contribution in [0.4, 0.5) is 0 Å². The SMILES string of the molecule is C=CC([SiH3])c1ccccc1.OBO. The van der Waals surface area contributed by atoms with E-state index in [4.69, 9.17) is 10.0 Å². The van der Waals surface area contributed by atoms with Gasteiger partial charge in [-0.1, -0.05) is 36.4 Å². The fraction of sp³-hybridized carbons (Fsp3) is 0.111. The second-order valence-corrected chi connectivity index (χ2v) is 3.82. The van der Waals surface area contributed by atoms with E-state index in [2.05, 4.69) is 30.8 Å². The van der Waals surface area contributed by atoms with E-state index in [0.29, 0.717) is 5.54 Å². The summed E-state index contributed by atoms with van der Waals surface area (Å²) in [6.07, 6.45) is 2.02. The average molecular weight is 194 g/mol. The van der Waals surface area contributed by atoms with Gasteiger partial charge in [0, 0.05) is 10.2 Å². The molecule has 2 N–H and O–H groups in total. The summed E-state index contributed by atoms with van der Waals surface area (Å²) < 4.78 is 0. The molecule has 0 radical (unpaired) electrons. The summed E-state index contributed by atoms with van der Waals surface area (Å²) in [5, 5.41) is 14.2. The first-order valence-corrected chi connectivity index (χ1v) is 5.31. The highest BCUT2D eigenvalue weighted by Gasteiger charge is 1.96. The Morgan fingerprint density at radius 2 is 1.77 bits per heavy atom. The van der Waals surface area contributed by atoms with Crippen LogP contribution in [0.1, 0.15) is 11.1 Å². The Kier molecular flexibility index (Phi) is 7.29. The highest BCUT2D eigenvalue weighted by molar-refractivity contribution is 6.13. The second kappa shape index (κ2) is 7.79. The Labute approximate surface area is 82.7 Å². The summed E-state index contributed by atoms with van der Waals surface area (Å²) in [4.78, 5) is 0. The van der Waals surface area contributed by atoms with Crippen LogP contribution in [0, 0.1) is 0 Å². The number of rotatable bonds is 2. The van der Waals surface area contributed by atoms with Crippen LogP contribution in [-0.2, 0) is 0 Å². The molecule has 1 aromatic rings. The Morgan fingerprint density at radius 3 is 2.15 bits per heavy atom. The lowest BCUT2D eigenvalue weighted by Gasteiger charge is -2.03. The van der Waals surface area contributed by atoms with Crippen LogP contribution < -0.4 is 0 Å². The van der Waals surface area contributed by atoms with E-state index in [1.807, 2.05) is 12.1 Å². The van der Waals surface area contributed by atoms with Gasteiger partial charge < -0.3 is 10.0 Å². The van der Waals surface area contributed by atoms with Crippen LogP contribution in [-0.4, -0.2) is 28.0 Å². The molecule has 0 aliphatic heterocycles. The second-order valence-electron chi connectivity index (χ2n) is 2.58. The van der Waals surface area contributed by atoms with E-state index in [1.165, 1.54) is 5.56 Å². The fourth-order valence-corrected chi connectivity index (χ4v) is 1.28. The summed E-state index contributed by atoms with van der Waals surface area (Å²) in [6.45, 7) is 3.77. The monoisotopic (exact) mass is 194 g/mol. The van der Waals surface area contributed by atoms with Gasteiger partial charge in [0.2, 0.25) is 0 Å². The van der Waals surface area contributed by atoms with Gasteiger partial charge in [-0.05, 0) is 11.1 Å². The van der Waals surface area contributed by atoms with Crippen LogP contribution in [0.2, 0.25) is 0 Å². The molecule has 1 unspecified atom stereocenters. The molecule has 0 heterocycles. The Morgan fingerprint density at radius 1 is 1.31 bits per heavy atom. The molecule has 1 atom stereocenters. The molecule has 1 aromatic carbocycles. The van der Waals surface area contributed by atoms with Crippen molar-refractivity contribution in [3.63, 3.8) is 0 Å². The van der Waals surface area contributed by atoms with Crippen LogP contribution in [0.5, 0.6) is 0 Å². The van der Waals surface area contributed by atoms with Crippen molar-refractivity contribution in [3.8, 4) is 0 Å². The number of allylic oxidation sites excluding steroid dienone is 1. The molecule has 0 aromatic heterocycles. The molecule has 0 spiro atoms. The van der Waals surface area contributed by atoms with Gasteiger partial charge in [-0.25, -0.2) is 0 Å². The largest absolute Gasteiger partial charge is 0.432 e. The minimum atomic E-state index is -0.750. The summed E-state index contributed by atoms with van der Waals surface area (Å²) in [5.41, 5.74) is 2.00. The maximum absolute atomic E-state index is 7.12. The first-order chi connectivity index (χ1) is 6.26. The summed E-state index contributed by atoms with van der Waals surface area (Å²) >= 11 is 0. The lowest BCUT2D eigenvalue weighted by molar-refractivity contribution is 0.448. The van der Waals surface area contributed by atoms with Crippen molar-refractivity contribution >= 4 is 17.9 Å². The minimum Gasteiger partial charge on any atom is -0.430 e. The zero-order valence-corrected chi connectivity index (χ0v) is 9.85. The Bertz CT molecular complexity index is 228. The van der Waals surface area contributed by atoms with Crippen molar-refractivity contribution in [3.05, 3.63) is 48.6 Å². The van der Waals surface area contributed by atoms with E-state index in [9.17, 15) is 0 Å². The van der Waals surface area contributed by atoms with Crippen LogP contribution in [0.3, 0.4) is 0 Å². The van der Waals surface area contributed by atoms with Crippen molar-refractivity contribution in [1.82, 2.24) is 0 Å². The fourth-order valence-electron chi connectivity index (χ4n) is 0.893. The summed E-state index contributed by atoms with van der Waals surface area (Å²) in [6, 6.07) is 10.5. The van der Waals surface area contributed by atoms with Crippen LogP contribution in [0.25, 0.3) is 0 Å². The molecule has 2 nitrogen and oxygen atoms in total. The molecule has 0 saturated heterocycles. The lowest BCUT2D eigenvalue weighted by Crippen LogP contribution is -1.91. The maximum atomic E-state index is 7.12. The molecule has 1 rings (SSSR count). The zero-order valence-electron chi connectivity index (χ0n) is 7.85. The highest BCUT2D eigenvalue weighted by atomic mass is 28.1. The minimum absolute atomic E-state index is 0.612. The number of benzene rings is 1. The standard InChI is InChI=1S/C9H12Si.BH3O2/c1-2-9(10)8-6-4-3-5-7-8;2-1-3/h2-7,9H,1H2,10H3;1-3H. The maximum Gasteiger partial charge on any atom is 0.432 e. The third-order valence-electron chi connectivity index (χ3n) is 1.68. The first-order valence-electron chi connectivity index (χ1n) is 4.15. The van der Waals surface area contributed by atoms with Crippen molar-refractivity contribution in [2.24, 2.45) is 0 Å². The normalized spacial score (nSPS) is 10.9. The molecule has 0 aliphatic carbocycles. The average Bonchev–Trinajstić information content (AvgIpc) is 2.19. The van der Waals surface area contributed by atoms with Crippen molar-refractivity contribution in [1.29, 1.82) is 0 Å². The third kappa shape index (κ3) is 5.41. The van der Waals surface area contributed by atoms with E-state index in [-0.39, 0.29) is 0 Å². The first kappa shape index (κ1) is 12.2. The molecule has 13 heavy (non-hydrogen) atoms. The van der Waals surface area contributed by atoms with Gasteiger partial charge in [0.05, 0.1) is 0 Å². The van der Waals surface area contributed by atoms with Crippen molar-refractivity contribution in [2.75, 3.05) is 0 Å². The smallest absolute Gasteiger partial charge is 0.430 e. The molecular weight excluding hydrogens is 179 g/mol. The van der Waals surface area contributed by atoms with Gasteiger partial charge in [-0.2, -0.15) is 0 Å². The van der Waals surface area contributed by atoms with Crippen LogP contribution >= 0.6 is 0 Å². The molecule has 0 bridgehead atoms. The molecule has 0 aliphatic rings. The quantitative estimate of drug-likeness (QED) is 0.493. The zero-order chi connectivity index (χ0) is 10.1. The van der Waals surface area contributed by atoms with Gasteiger partial charge in [0.25, 0.3) is 0 Å². The summed E-state index contributed by atoms with van der Waals surface area (Å²) in [5.74, 6) is 0. The molecule has 4 heteroatoms. The van der Waals surface area contributed by atoms with E-state index in [1.54, 1.807) is 0 Å². The predicted octanol–water partition coefficient (Wildman–Crippen LogP) is -0.483. The molecule has 70 valence electrons. The topological polar surface area (TPSA) is 40.5 Å². The highest BCUT2D eigenvalue weighted by Crippen LogP contribution is 2.10. The molecular formula is C9H15BO2Si. The summed E-state index contributed by atoms with van der Waals surface area (Å²) in [7, 11) is 0.409. The van der Waals surface area contributed by atoms with E-state index >= 15 is 0 Å². The van der Waals surface area contributed by atoms with E-state index < -0.39 is 7.69 Å².